The van der Waals surface area contributed by atoms with E-state index in [1.54, 1.807) is 0 Å². The highest BCUT2D eigenvalue weighted by Gasteiger charge is 2.24. The van der Waals surface area contributed by atoms with Crippen molar-refractivity contribution < 1.29 is 30.3 Å². The molecule has 286 valence electrons. The van der Waals surface area contributed by atoms with Crippen LogP contribution in [-0.4, -0.2) is 222 Å². The summed E-state index contributed by atoms with van der Waals surface area (Å²) in [5, 5.41) is 51.8. The number of aromatic nitrogens is 3. The largest absolute Gasteiger partial charge is 0.480 e. The highest BCUT2D eigenvalue weighted by atomic mass is 16.4. The van der Waals surface area contributed by atoms with E-state index in [9.17, 15) is 30.3 Å². The van der Waals surface area contributed by atoms with Crippen molar-refractivity contribution in [3.05, 3.63) is 29.8 Å². The maximum atomic E-state index is 11.6. The van der Waals surface area contributed by atoms with Crippen LogP contribution in [0, 0.1) is 0 Å². The van der Waals surface area contributed by atoms with Crippen LogP contribution in [0.2, 0.25) is 0 Å². The van der Waals surface area contributed by atoms with Crippen LogP contribution in [0.4, 0.5) is 23.5 Å². The molecule has 2 aliphatic heterocycles. The number of benzene rings is 1. The van der Waals surface area contributed by atoms with E-state index < -0.39 is 5.97 Å². The molecule has 1 unspecified atom stereocenters. The average molecular weight is 718 g/mol. The molecular weight excluding hydrogens is 658 g/mol. The van der Waals surface area contributed by atoms with Gasteiger partial charge in [-0.25, -0.2) is 0 Å². The quantitative estimate of drug-likeness (QED) is 0.112. The Kier molecular flexibility index (Phi) is 16.9. The molecule has 3 heterocycles. The average Bonchev–Trinajstić information content (AvgIpc) is 3.11. The van der Waals surface area contributed by atoms with Crippen molar-refractivity contribution in [1.82, 2.24) is 39.5 Å². The van der Waals surface area contributed by atoms with E-state index in [1.807, 2.05) is 12.1 Å². The molecule has 17 heteroatoms. The molecule has 17 nitrogen and oxygen atoms in total. The zero-order valence-electron chi connectivity index (χ0n) is 30.4. The van der Waals surface area contributed by atoms with Gasteiger partial charge in [-0.15, -0.1) is 0 Å². The summed E-state index contributed by atoms with van der Waals surface area (Å²) < 4.78 is 0. The van der Waals surface area contributed by atoms with E-state index in [0.717, 1.165) is 89.7 Å². The Bertz CT molecular complexity index is 1300. The predicted molar refractivity (Wildman–Crippen MR) is 197 cm³/mol. The van der Waals surface area contributed by atoms with Gasteiger partial charge in [0.05, 0.1) is 26.4 Å². The molecule has 0 bridgehead atoms. The van der Waals surface area contributed by atoms with Crippen LogP contribution in [0.3, 0.4) is 0 Å². The Morgan fingerprint density at radius 1 is 0.765 bits per heavy atom. The molecule has 0 spiro atoms. The van der Waals surface area contributed by atoms with Gasteiger partial charge in [-0.1, -0.05) is 12.1 Å². The number of nitrogens with zero attached hydrogens (tertiary/aromatic N) is 10. The van der Waals surface area contributed by atoms with Gasteiger partial charge < -0.3 is 50.4 Å². The van der Waals surface area contributed by atoms with Crippen molar-refractivity contribution in [3.8, 4) is 0 Å². The number of aliphatic hydroxyl groups excluding tert-OH is 4. The van der Waals surface area contributed by atoms with Crippen molar-refractivity contribution in [2.24, 2.45) is 0 Å². The van der Waals surface area contributed by atoms with Gasteiger partial charge in [-0.3, -0.25) is 19.5 Å². The number of rotatable bonds is 16. The lowest BCUT2D eigenvalue weighted by atomic mass is 10.0. The van der Waals surface area contributed by atoms with Gasteiger partial charge in [0.25, 0.3) is 0 Å². The Morgan fingerprint density at radius 2 is 1.37 bits per heavy atom. The second-order valence-electron chi connectivity index (χ2n) is 13.4. The maximum Gasteiger partial charge on any atom is 0.323 e. The summed E-state index contributed by atoms with van der Waals surface area (Å²) >= 11 is 0. The summed E-state index contributed by atoms with van der Waals surface area (Å²) in [6, 6.07) is 8.22. The number of carboxylic acids is 1. The van der Waals surface area contributed by atoms with E-state index in [0.29, 0.717) is 25.6 Å². The lowest BCUT2D eigenvalue weighted by Crippen LogP contribution is -2.51. The van der Waals surface area contributed by atoms with Gasteiger partial charge in [0.1, 0.15) is 6.54 Å². The van der Waals surface area contributed by atoms with Crippen LogP contribution in [0.25, 0.3) is 0 Å². The monoisotopic (exact) mass is 717 g/mol. The summed E-state index contributed by atoms with van der Waals surface area (Å²) in [5.74, 6) is -0.130. The predicted octanol–water partition coefficient (Wildman–Crippen LogP) is -2.01. The number of carbonyl (C=O) groups is 1. The zero-order valence-corrected chi connectivity index (χ0v) is 30.4. The van der Waals surface area contributed by atoms with E-state index >= 15 is 0 Å². The van der Waals surface area contributed by atoms with Gasteiger partial charge in [0, 0.05) is 110 Å². The number of hydrogen-bond donors (Lipinski definition) is 6. The third kappa shape index (κ3) is 13.3. The molecule has 1 atom stereocenters. The van der Waals surface area contributed by atoms with Gasteiger partial charge in [0.15, 0.2) is 0 Å². The first-order chi connectivity index (χ1) is 24.7. The van der Waals surface area contributed by atoms with E-state index in [1.165, 1.54) is 4.90 Å². The molecule has 1 aromatic heterocycles. The van der Waals surface area contributed by atoms with Gasteiger partial charge in [-0.2, -0.15) is 15.0 Å². The molecule has 2 fully saturated rings. The lowest BCUT2D eigenvalue weighted by molar-refractivity contribution is -0.135. The number of hydrogen-bond acceptors (Lipinski definition) is 16. The lowest BCUT2D eigenvalue weighted by Gasteiger charge is -2.37. The summed E-state index contributed by atoms with van der Waals surface area (Å²) in [7, 11) is 4.18. The van der Waals surface area contributed by atoms with Crippen LogP contribution in [0.15, 0.2) is 24.3 Å². The number of likely N-dealkylation sites (N-methyl/N-ethyl adjacent to an activating group) is 2. The van der Waals surface area contributed by atoms with Crippen molar-refractivity contribution >= 4 is 29.5 Å². The Morgan fingerprint density at radius 3 is 1.98 bits per heavy atom. The van der Waals surface area contributed by atoms with Crippen molar-refractivity contribution in [2.75, 3.05) is 160 Å². The molecule has 2 aromatic rings. The van der Waals surface area contributed by atoms with Gasteiger partial charge >= 0.3 is 5.97 Å². The highest BCUT2D eigenvalue weighted by molar-refractivity contribution is 5.73. The topological polar surface area (TPSA) is 192 Å². The first-order valence-electron chi connectivity index (χ1n) is 18.0. The number of carboxylic acid groups (broad SMARTS) is 1. The number of anilines is 4. The van der Waals surface area contributed by atoms with E-state index in [2.05, 4.69) is 70.9 Å². The van der Waals surface area contributed by atoms with Crippen LogP contribution >= 0.6 is 0 Å². The molecule has 4 rings (SSSR count). The first kappa shape index (κ1) is 40.5. The molecule has 51 heavy (non-hydrogen) atoms. The first-order valence-corrected chi connectivity index (χ1v) is 18.0. The fourth-order valence-electron chi connectivity index (χ4n) is 6.54. The SMILES string of the molecule is CN1CCN(c2nc(Nc3ccc(CC4CN(C)CCN(CCO)CCN(CCO)CCN4CCO)cc3)nc(N(CCO)CC(=O)O)n2)CC1. The van der Waals surface area contributed by atoms with Crippen molar-refractivity contribution in [3.63, 3.8) is 0 Å². The van der Waals surface area contributed by atoms with Crippen LogP contribution in [0.1, 0.15) is 5.56 Å². The molecule has 2 aliphatic rings. The fraction of sp³-hybridized carbons (Fsp3) is 0.706. The Labute approximate surface area is 301 Å². The fourth-order valence-corrected chi connectivity index (χ4v) is 6.54. The summed E-state index contributed by atoms with van der Waals surface area (Å²) in [4.78, 5) is 40.4. The van der Waals surface area contributed by atoms with Gasteiger partial charge in [0.2, 0.25) is 17.8 Å². The molecule has 1 aromatic carbocycles. The van der Waals surface area contributed by atoms with Crippen molar-refractivity contribution in [1.29, 1.82) is 0 Å². The minimum Gasteiger partial charge on any atom is -0.480 e. The van der Waals surface area contributed by atoms with Crippen molar-refractivity contribution in [2.45, 2.75) is 12.5 Å². The highest BCUT2D eigenvalue weighted by Crippen LogP contribution is 2.22. The minimum atomic E-state index is -1.05. The molecular formula is C34H59N11O6. The van der Waals surface area contributed by atoms with Crippen LogP contribution in [-0.2, 0) is 11.2 Å². The maximum absolute atomic E-state index is 11.6. The smallest absolute Gasteiger partial charge is 0.323 e. The van der Waals surface area contributed by atoms with E-state index in [-0.39, 0.29) is 57.5 Å². The standard InChI is InChI=1S/C34H59N11O6/c1-39-8-14-44(15-9-39)33-36-32(37-34(38-33)45(20-24-49)27-31(50)51)35-29-5-3-28(4-6-29)25-30-26-40(2)7-10-41(17-21-46)11-12-42(18-22-47)13-16-43(30)19-23-48/h3-6,30,46-49H,7-27H2,1-2H3,(H,50,51)(H,35,36,37,38). The number of aliphatic hydroxyl groups is 4. The third-order valence-electron chi connectivity index (χ3n) is 9.55. The molecule has 2 saturated heterocycles. The normalized spacial score (nSPS) is 19.8. The third-order valence-corrected chi connectivity index (χ3v) is 9.55. The summed E-state index contributed by atoms with van der Waals surface area (Å²) in [6.07, 6.45) is 0.764. The van der Waals surface area contributed by atoms with E-state index in [4.69, 9.17) is 4.98 Å². The Hall–Kier alpha value is -3.26. The second-order valence-corrected chi connectivity index (χ2v) is 13.4. The van der Waals surface area contributed by atoms with Gasteiger partial charge in [-0.05, 0) is 38.2 Å². The number of nitrogens with one attached hydrogen (secondary N) is 1. The summed E-state index contributed by atoms with van der Waals surface area (Å²) in [5.41, 5.74) is 1.90. The number of aliphatic carboxylic acids is 1. The zero-order chi connectivity index (χ0) is 36.6. The minimum absolute atomic E-state index is 0.0551. The van der Waals surface area contributed by atoms with Crippen LogP contribution < -0.4 is 15.1 Å². The molecule has 0 aliphatic carbocycles. The van der Waals surface area contributed by atoms with Crippen LogP contribution in [0.5, 0.6) is 0 Å². The number of β-amino-alcohol motifs (C(OH)–C–C–N with tert-alkyl or cyclic N) is 3. The molecule has 6 N–H and O–H groups in total. The molecule has 0 radical (unpaired) electrons. The summed E-state index contributed by atoms with van der Waals surface area (Å²) in [6.45, 7) is 10.2. The number of piperazine rings is 1. The molecule has 0 saturated carbocycles. The second kappa shape index (κ2) is 21.3. The Balaban J connectivity index is 1.53. The molecule has 0 amide bonds.